The van der Waals surface area contributed by atoms with Gasteiger partial charge in [0.2, 0.25) is 0 Å². The third kappa shape index (κ3) is 8.28. The molecule has 130 valence electrons. The minimum absolute atomic E-state index is 0.192. The van der Waals surface area contributed by atoms with Gasteiger partial charge in [0, 0.05) is 24.4 Å². The zero-order valence-corrected chi connectivity index (χ0v) is 15.9. The van der Waals surface area contributed by atoms with Crippen molar-refractivity contribution in [2.24, 2.45) is 4.99 Å². The van der Waals surface area contributed by atoms with Gasteiger partial charge in [-0.2, -0.15) is 11.8 Å². The van der Waals surface area contributed by atoms with Crippen LogP contribution in [0.5, 0.6) is 0 Å². The number of nitrogens with one attached hydrogen (secondary N) is 2. The smallest absolute Gasteiger partial charge is 0.191 e. The van der Waals surface area contributed by atoms with E-state index in [0.717, 1.165) is 25.7 Å². The minimum atomic E-state index is 0.192. The summed E-state index contributed by atoms with van der Waals surface area (Å²) in [6, 6.07) is 8.45. The van der Waals surface area contributed by atoms with Gasteiger partial charge in [-0.1, -0.05) is 24.3 Å². The second-order valence-corrected chi connectivity index (χ2v) is 7.48. The standard InChI is InChI=1S/C18H31N3OS/c1-6-19-17(21-14-18(3,4)23-5)20-12-15-8-10-16(11-9-15)13-22-7-2/h8-11H,6-7,12-14H2,1-5H3,(H2,19,20,21). The van der Waals surface area contributed by atoms with Gasteiger partial charge < -0.3 is 15.4 Å². The topological polar surface area (TPSA) is 45.7 Å². The number of benzene rings is 1. The second-order valence-electron chi connectivity index (χ2n) is 5.97. The molecule has 0 atom stereocenters. The van der Waals surface area contributed by atoms with Crippen molar-refractivity contribution in [1.29, 1.82) is 0 Å². The molecule has 0 aromatic heterocycles. The van der Waals surface area contributed by atoms with Gasteiger partial charge in [-0.15, -0.1) is 0 Å². The van der Waals surface area contributed by atoms with Crippen LogP contribution in [0.15, 0.2) is 29.3 Å². The van der Waals surface area contributed by atoms with Gasteiger partial charge in [0.15, 0.2) is 5.96 Å². The Balaban J connectivity index is 2.58. The predicted octanol–water partition coefficient (Wildman–Crippen LogP) is 3.42. The molecule has 0 aliphatic rings. The molecular formula is C18H31N3OS. The molecule has 0 unspecified atom stereocenters. The van der Waals surface area contributed by atoms with E-state index in [-0.39, 0.29) is 4.75 Å². The quantitative estimate of drug-likeness (QED) is 0.535. The molecule has 0 saturated carbocycles. The Labute approximate surface area is 145 Å². The Morgan fingerprint density at radius 2 is 1.78 bits per heavy atom. The van der Waals surface area contributed by atoms with Crippen LogP contribution in [0.4, 0.5) is 0 Å². The van der Waals surface area contributed by atoms with Crippen LogP contribution in [-0.2, 0) is 17.9 Å². The van der Waals surface area contributed by atoms with Crippen LogP contribution in [-0.4, -0.2) is 36.7 Å². The van der Waals surface area contributed by atoms with E-state index >= 15 is 0 Å². The number of thioether (sulfide) groups is 1. The van der Waals surface area contributed by atoms with E-state index in [4.69, 9.17) is 4.74 Å². The number of nitrogens with zero attached hydrogens (tertiary/aromatic N) is 1. The van der Waals surface area contributed by atoms with Crippen molar-refractivity contribution in [3.63, 3.8) is 0 Å². The zero-order valence-electron chi connectivity index (χ0n) is 15.1. The van der Waals surface area contributed by atoms with Crippen molar-refractivity contribution < 1.29 is 4.74 Å². The molecule has 0 aliphatic heterocycles. The second kappa shape index (κ2) is 10.6. The average Bonchev–Trinajstić information content (AvgIpc) is 2.56. The SMILES string of the molecule is CCNC(=NCc1ccc(COCC)cc1)NCC(C)(C)SC. The highest BCUT2D eigenvalue weighted by molar-refractivity contribution is 7.99. The molecule has 0 bridgehead atoms. The summed E-state index contributed by atoms with van der Waals surface area (Å²) in [5, 5.41) is 6.72. The van der Waals surface area contributed by atoms with Gasteiger partial charge in [-0.3, -0.25) is 0 Å². The average molecular weight is 338 g/mol. The largest absolute Gasteiger partial charge is 0.377 e. The van der Waals surface area contributed by atoms with E-state index in [9.17, 15) is 0 Å². The number of rotatable bonds is 9. The fraction of sp³-hybridized carbons (Fsp3) is 0.611. The lowest BCUT2D eigenvalue weighted by atomic mass is 10.1. The number of hydrogen-bond acceptors (Lipinski definition) is 3. The number of hydrogen-bond donors (Lipinski definition) is 2. The highest BCUT2D eigenvalue weighted by atomic mass is 32.2. The maximum Gasteiger partial charge on any atom is 0.191 e. The van der Waals surface area contributed by atoms with E-state index in [1.54, 1.807) is 0 Å². The summed E-state index contributed by atoms with van der Waals surface area (Å²) < 4.78 is 5.61. The molecule has 4 nitrogen and oxygen atoms in total. The van der Waals surface area contributed by atoms with Gasteiger partial charge in [-0.05, 0) is 45.1 Å². The van der Waals surface area contributed by atoms with Crippen molar-refractivity contribution in [3.8, 4) is 0 Å². The maximum absolute atomic E-state index is 5.41. The Kier molecular flexibility index (Phi) is 9.10. The van der Waals surface area contributed by atoms with Crippen LogP contribution >= 0.6 is 11.8 Å². The lowest BCUT2D eigenvalue weighted by Crippen LogP contribution is -2.43. The number of guanidine groups is 1. The molecular weight excluding hydrogens is 306 g/mol. The van der Waals surface area contributed by atoms with Gasteiger partial charge in [-0.25, -0.2) is 4.99 Å². The Morgan fingerprint density at radius 3 is 2.35 bits per heavy atom. The van der Waals surface area contributed by atoms with Gasteiger partial charge in [0.1, 0.15) is 0 Å². The molecule has 2 N–H and O–H groups in total. The molecule has 5 heteroatoms. The molecule has 1 aromatic rings. The number of ether oxygens (including phenoxy) is 1. The zero-order chi connectivity index (χ0) is 17.1. The predicted molar refractivity (Wildman–Crippen MR) is 102 cm³/mol. The summed E-state index contributed by atoms with van der Waals surface area (Å²) in [6.07, 6.45) is 2.13. The van der Waals surface area contributed by atoms with Crippen LogP contribution in [0.2, 0.25) is 0 Å². The summed E-state index contributed by atoms with van der Waals surface area (Å²) in [5.41, 5.74) is 2.40. The van der Waals surface area contributed by atoms with Crippen molar-refractivity contribution in [2.45, 2.75) is 45.6 Å². The molecule has 23 heavy (non-hydrogen) atoms. The molecule has 0 fully saturated rings. The molecule has 0 aliphatic carbocycles. The molecule has 1 rings (SSSR count). The molecule has 1 aromatic carbocycles. The van der Waals surface area contributed by atoms with Crippen molar-refractivity contribution in [1.82, 2.24) is 10.6 Å². The van der Waals surface area contributed by atoms with Crippen molar-refractivity contribution in [2.75, 3.05) is 26.0 Å². The molecule has 0 heterocycles. The first-order valence-corrected chi connectivity index (χ1v) is 9.46. The van der Waals surface area contributed by atoms with E-state index < -0.39 is 0 Å². The van der Waals surface area contributed by atoms with Crippen LogP contribution in [0.3, 0.4) is 0 Å². The van der Waals surface area contributed by atoms with E-state index in [0.29, 0.717) is 13.2 Å². The Morgan fingerprint density at radius 1 is 1.13 bits per heavy atom. The summed E-state index contributed by atoms with van der Waals surface area (Å²) in [7, 11) is 0. The molecule has 0 spiro atoms. The normalized spacial score (nSPS) is 12.3. The highest BCUT2D eigenvalue weighted by Crippen LogP contribution is 2.19. The third-order valence-electron chi connectivity index (χ3n) is 3.49. The molecule has 0 saturated heterocycles. The minimum Gasteiger partial charge on any atom is -0.377 e. The monoisotopic (exact) mass is 337 g/mol. The number of aliphatic imine (C=N–C) groups is 1. The fourth-order valence-corrected chi connectivity index (χ4v) is 2.06. The fourth-order valence-electron chi connectivity index (χ4n) is 1.84. The van der Waals surface area contributed by atoms with Crippen molar-refractivity contribution in [3.05, 3.63) is 35.4 Å². The lowest BCUT2D eigenvalue weighted by molar-refractivity contribution is 0.134. The van der Waals surface area contributed by atoms with Crippen LogP contribution in [0, 0.1) is 0 Å². The summed E-state index contributed by atoms with van der Waals surface area (Å²) >= 11 is 1.85. The molecule has 0 amide bonds. The summed E-state index contributed by atoms with van der Waals surface area (Å²) in [6.45, 7) is 12.4. The van der Waals surface area contributed by atoms with Gasteiger partial charge in [0.05, 0.1) is 13.2 Å². The maximum atomic E-state index is 5.41. The van der Waals surface area contributed by atoms with Crippen molar-refractivity contribution >= 4 is 17.7 Å². The third-order valence-corrected chi connectivity index (χ3v) is 4.74. The highest BCUT2D eigenvalue weighted by Gasteiger charge is 2.15. The first kappa shape index (κ1) is 19.8. The van der Waals surface area contributed by atoms with Gasteiger partial charge >= 0.3 is 0 Å². The Bertz CT molecular complexity index is 472. The Hall–Kier alpha value is -1.20. The van der Waals surface area contributed by atoms with E-state index in [1.807, 2.05) is 18.7 Å². The van der Waals surface area contributed by atoms with Crippen LogP contribution in [0.25, 0.3) is 0 Å². The lowest BCUT2D eigenvalue weighted by Gasteiger charge is -2.23. The van der Waals surface area contributed by atoms with Gasteiger partial charge in [0.25, 0.3) is 0 Å². The van der Waals surface area contributed by atoms with Crippen LogP contribution < -0.4 is 10.6 Å². The van der Waals surface area contributed by atoms with Crippen LogP contribution in [0.1, 0.15) is 38.8 Å². The first-order valence-electron chi connectivity index (χ1n) is 8.23. The van der Waals surface area contributed by atoms with E-state index in [2.05, 4.69) is 66.9 Å². The molecule has 0 radical (unpaired) electrons. The summed E-state index contributed by atoms with van der Waals surface area (Å²) in [4.78, 5) is 4.67. The van der Waals surface area contributed by atoms with E-state index in [1.165, 1.54) is 11.1 Å². The first-order chi connectivity index (χ1) is 11.0. The summed E-state index contributed by atoms with van der Waals surface area (Å²) in [5.74, 6) is 0.869.